The Labute approximate surface area is 238 Å². The van der Waals surface area contributed by atoms with Crippen molar-refractivity contribution in [2.24, 2.45) is 0 Å². The summed E-state index contributed by atoms with van der Waals surface area (Å²) in [5.41, 5.74) is -9.34. The van der Waals surface area contributed by atoms with Gasteiger partial charge in [-0.2, -0.15) is 0 Å². The molecule has 2 unspecified atom stereocenters. The molecule has 0 aromatic heterocycles. The number of hydrogen-bond donors (Lipinski definition) is 2. The Morgan fingerprint density at radius 2 is 0.643 bits per heavy atom. The molecule has 10 nitrogen and oxygen atoms in total. The number of carbonyl (C=O) groups excluding carboxylic acids is 4. The lowest BCUT2D eigenvalue weighted by Gasteiger charge is -2.40. The standard InChI is InChI=1S/C32H22O10/c33-25(21-13-5-1-6-14-21)31(29(37)38,41-27(35)23-17-9-3-10-18-23)32(30(39)40,26(34)22-15-7-2-8-16-22)42-28(36)24-19-11-4-12-20-24/h1-20H,(H,37,38)(H,39,40). The second-order valence-electron chi connectivity index (χ2n) is 8.87. The maximum atomic E-state index is 14.2. The van der Waals surface area contributed by atoms with Gasteiger partial charge in [0, 0.05) is 11.1 Å². The summed E-state index contributed by atoms with van der Waals surface area (Å²) >= 11 is 0. The van der Waals surface area contributed by atoms with Gasteiger partial charge in [-0.15, -0.1) is 0 Å². The van der Waals surface area contributed by atoms with Crippen molar-refractivity contribution in [1.29, 1.82) is 0 Å². The van der Waals surface area contributed by atoms with Crippen LogP contribution in [-0.2, 0) is 19.1 Å². The smallest absolute Gasteiger partial charge is 0.362 e. The minimum Gasteiger partial charge on any atom is -0.478 e. The highest BCUT2D eigenvalue weighted by Crippen LogP contribution is 2.39. The number of benzene rings is 4. The van der Waals surface area contributed by atoms with E-state index in [0.717, 1.165) is 24.3 Å². The number of rotatable bonds is 11. The summed E-state index contributed by atoms with van der Waals surface area (Å²) in [5, 5.41) is 21.4. The molecule has 10 heteroatoms. The van der Waals surface area contributed by atoms with Crippen LogP contribution in [0.3, 0.4) is 0 Å². The SMILES string of the molecule is O=C(OC(C(=O)O)(C(=O)c1ccccc1)C(OC(=O)c1ccccc1)(C(=O)O)C(=O)c1ccccc1)c1ccccc1. The largest absolute Gasteiger partial charge is 0.478 e. The third-order valence-electron chi connectivity index (χ3n) is 6.32. The molecule has 0 aliphatic heterocycles. The number of hydrogen-bond acceptors (Lipinski definition) is 8. The Morgan fingerprint density at radius 1 is 0.405 bits per heavy atom. The van der Waals surface area contributed by atoms with Crippen LogP contribution >= 0.6 is 0 Å². The van der Waals surface area contributed by atoms with E-state index >= 15 is 0 Å². The lowest BCUT2D eigenvalue weighted by molar-refractivity contribution is -0.188. The third-order valence-corrected chi connectivity index (χ3v) is 6.32. The Hall–Kier alpha value is -5.90. The number of carboxylic acids is 2. The molecule has 0 aliphatic carbocycles. The quantitative estimate of drug-likeness (QED) is 0.153. The normalized spacial score (nSPS) is 13.4. The summed E-state index contributed by atoms with van der Waals surface area (Å²) in [6, 6.07) is 26.5. The van der Waals surface area contributed by atoms with Crippen LogP contribution in [0.15, 0.2) is 121 Å². The van der Waals surface area contributed by atoms with Crippen molar-refractivity contribution in [3.8, 4) is 0 Å². The van der Waals surface area contributed by atoms with Crippen molar-refractivity contribution in [2.75, 3.05) is 0 Å². The van der Waals surface area contributed by atoms with Gasteiger partial charge in [0.15, 0.2) is 0 Å². The van der Waals surface area contributed by atoms with Gasteiger partial charge in [0.25, 0.3) is 0 Å². The van der Waals surface area contributed by atoms with Crippen LogP contribution in [0.2, 0.25) is 0 Å². The Bertz CT molecular complexity index is 1510. The zero-order valence-electron chi connectivity index (χ0n) is 21.7. The zero-order chi connectivity index (χ0) is 30.3. The van der Waals surface area contributed by atoms with Crippen LogP contribution in [0.4, 0.5) is 0 Å². The summed E-state index contributed by atoms with van der Waals surface area (Å²) < 4.78 is 10.7. The molecule has 0 amide bonds. The van der Waals surface area contributed by atoms with Gasteiger partial charge in [-0.1, -0.05) is 97.1 Å². The third kappa shape index (κ3) is 5.16. The van der Waals surface area contributed by atoms with Crippen LogP contribution in [0.25, 0.3) is 0 Å². The Kier molecular flexibility index (Phi) is 8.37. The monoisotopic (exact) mass is 566 g/mol. The highest BCUT2D eigenvalue weighted by molar-refractivity contribution is 6.30. The Balaban J connectivity index is 2.09. The molecule has 0 radical (unpaired) electrons. The fraction of sp³-hybridized carbons (Fsp3) is 0.0625. The summed E-state index contributed by atoms with van der Waals surface area (Å²) in [7, 11) is 0. The highest BCUT2D eigenvalue weighted by atomic mass is 16.6. The van der Waals surface area contributed by atoms with Crippen LogP contribution in [-0.4, -0.2) is 56.9 Å². The molecular formula is C32H22O10. The second-order valence-corrected chi connectivity index (χ2v) is 8.87. The fourth-order valence-corrected chi connectivity index (χ4v) is 4.27. The number of ketones is 2. The number of carbonyl (C=O) groups is 6. The van der Waals surface area contributed by atoms with Gasteiger partial charge < -0.3 is 19.7 Å². The Morgan fingerprint density at radius 3 is 0.881 bits per heavy atom. The molecule has 210 valence electrons. The summed E-state index contributed by atoms with van der Waals surface area (Å²) in [6.07, 6.45) is 0. The van der Waals surface area contributed by atoms with Crippen molar-refractivity contribution in [2.45, 2.75) is 11.2 Å². The minimum absolute atomic E-state index is 0.273. The summed E-state index contributed by atoms with van der Waals surface area (Å²) in [4.78, 5) is 81.8. The van der Waals surface area contributed by atoms with Crippen molar-refractivity contribution in [1.82, 2.24) is 0 Å². The number of ether oxygens (including phenoxy) is 2. The first-order valence-corrected chi connectivity index (χ1v) is 12.4. The van der Waals surface area contributed by atoms with Crippen molar-refractivity contribution in [3.05, 3.63) is 144 Å². The molecule has 0 fully saturated rings. The van der Waals surface area contributed by atoms with Gasteiger partial charge in [0.1, 0.15) is 0 Å². The van der Waals surface area contributed by atoms with Crippen LogP contribution in [0.5, 0.6) is 0 Å². The van der Waals surface area contributed by atoms with Gasteiger partial charge in [-0.05, 0) is 24.3 Å². The van der Waals surface area contributed by atoms with Crippen LogP contribution in [0.1, 0.15) is 41.4 Å². The van der Waals surface area contributed by atoms with E-state index < -0.39 is 57.8 Å². The van der Waals surface area contributed by atoms with E-state index in [0.29, 0.717) is 0 Å². The van der Waals surface area contributed by atoms with Gasteiger partial charge in [-0.3, -0.25) is 9.59 Å². The average Bonchev–Trinajstić information content (AvgIpc) is 3.03. The topological polar surface area (TPSA) is 161 Å². The van der Waals surface area contributed by atoms with Gasteiger partial charge >= 0.3 is 35.1 Å². The molecule has 0 heterocycles. The van der Waals surface area contributed by atoms with E-state index in [9.17, 15) is 39.0 Å². The van der Waals surface area contributed by atoms with Gasteiger partial charge in [0.2, 0.25) is 11.6 Å². The molecule has 42 heavy (non-hydrogen) atoms. The van der Waals surface area contributed by atoms with Crippen molar-refractivity contribution < 1.29 is 48.5 Å². The minimum atomic E-state index is -3.95. The maximum Gasteiger partial charge on any atom is 0.362 e. The first-order chi connectivity index (χ1) is 20.1. The molecule has 0 bridgehead atoms. The molecule has 4 rings (SSSR count). The van der Waals surface area contributed by atoms with Gasteiger partial charge in [-0.25, -0.2) is 19.2 Å². The molecule has 0 saturated carbocycles. The lowest BCUT2D eigenvalue weighted by atomic mass is 9.72. The van der Waals surface area contributed by atoms with E-state index in [-0.39, 0.29) is 11.1 Å². The highest BCUT2D eigenvalue weighted by Gasteiger charge is 2.77. The van der Waals surface area contributed by atoms with E-state index in [4.69, 9.17) is 9.47 Å². The predicted octanol–water partition coefficient (Wildman–Crippen LogP) is 4.11. The van der Waals surface area contributed by atoms with E-state index in [1.807, 2.05) is 0 Å². The van der Waals surface area contributed by atoms with E-state index in [1.165, 1.54) is 84.9 Å². The summed E-state index contributed by atoms with van der Waals surface area (Å²) in [6.45, 7) is 0. The van der Waals surface area contributed by atoms with E-state index in [1.54, 1.807) is 12.1 Å². The number of Topliss-reactive ketones (excluding diaryl/α,β-unsaturated/α-hetero) is 2. The van der Waals surface area contributed by atoms with Crippen LogP contribution < -0.4 is 0 Å². The second kappa shape index (κ2) is 12.1. The predicted molar refractivity (Wildman–Crippen MR) is 146 cm³/mol. The molecule has 0 aliphatic rings. The molecular weight excluding hydrogens is 544 g/mol. The van der Waals surface area contributed by atoms with Crippen molar-refractivity contribution >= 4 is 35.4 Å². The number of esters is 2. The van der Waals surface area contributed by atoms with Crippen LogP contribution in [0, 0.1) is 0 Å². The summed E-state index contributed by atoms with van der Waals surface area (Å²) in [5.74, 6) is -10.9. The molecule has 2 atom stereocenters. The first kappa shape index (κ1) is 29.1. The lowest BCUT2D eigenvalue weighted by Crippen LogP contribution is -2.74. The molecule has 4 aromatic rings. The number of carboxylic acid groups (broad SMARTS) is 2. The molecule has 0 saturated heterocycles. The maximum absolute atomic E-state index is 14.2. The first-order valence-electron chi connectivity index (χ1n) is 12.4. The zero-order valence-corrected chi connectivity index (χ0v) is 21.7. The van der Waals surface area contributed by atoms with E-state index in [2.05, 4.69) is 0 Å². The number of aliphatic carboxylic acids is 2. The molecule has 0 spiro atoms. The van der Waals surface area contributed by atoms with Gasteiger partial charge in [0.05, 0.1) is 11.1 Å². The molecule has 2 N–H and O–H groups in total. The molecule has 4 aromatic carbocycles. The van der Waals surface area contributed by atoms with Crippen molar-refractivity contribution in [3.63, 3.8) is 0 Å². The fourth-order valence-electron chi connectivity index (χ4n) is 4.27. The average molecular weight is 567 g/mol.